The monoisotopic (exact) mass is 559 g/mol. The summed E-state index contributed by atoms with van der Waals surface area (Å²) < 4.78 is 5.19. The van der Waals surface area contributed by atoms with Crippen LogP contribution in [0.25, 0.3) is 6.08 Å². The first-order chi connectivity index (χ1) is 18.9. The van der Waals surface area contributed by atoms with Crippen LogP contribution in [-0.2, 0) is 9.59 Å². The van der Waals surface area contributed by atoms with E-state index in [2.05, 4.69) is 26.1 Å². The normalized spacial score (nSPS) is 11.0. The van der Waals surface area contributed by atoms with Gasteiger partial charge >= 0.3 is 0 Å². The minimum atomic E-state index is -0.484. The Morgan fingerprint density at radius 2 is 1.64 bits per heavy atom. The zero-order chi connectivity index (χ0) is 27.6. The molecule has 0 unspecified atom stereocenters. The molecule has 0 aliphatic carbocycles. The van der Waals surface area contributed by atoms with Crippen molar-refractivity contribution in [1.82, 2.24) is 15.5 Å². The van der Waals surface area contributed by atoms with E-state index < -0.39 is 11.8 Å². The van der Waals surface area contributed by atoms with Crippen molar-refractivity contribution in [3.8, 4) is 5.75 Å². The number of nitrogens with zero attached hydrogens (tertiary/aromatic N) is 2. The molecule has 1 heterocycles. The zero-order valence-electron chi connectivity index (χ0n) is 21.1. The molecule has 0 spiro atoms. The van der Waals surface area contributed by atoms with Gasteiger partial charge < -0.3 is 15.4 Å². The molecule has 198 valence electrons. The van der Waals surface area contributed by atoms with Crippen LogP contribution in [0.3, 0.4) is 0 Å². The van der Waals surface area contributed by atoms with Crippen LogP contribution in [0.2, 0.25) is 0 Å². The third-order valence-corrected chi connectivity index (χ3v) is 6.98. The predicted molar refractivity (Wildman–Crippen MR) is 154 cm³/mol. The first kappa shape index (κ1) is 27.6. The summed E-state index contributed by atoms with van der Waals surface area (Å²) >= 11 is 2.66. The number of hydrogen-bond donors (Lipinski definition) is 3. The van der Waals surface area contributed by atoms with Gasteiger partial charge in [0.05, 0.1) is 12.9 Å². The second-order valence-electron chi connectivity index (χ2n) is 8.09. The number of benzene rings is 3. The van der Waals surface area contributed by atoms with E-state index in [9.17, 15) is 14.4 Å². The number of aryl methyl sites for hydroxylation is 1. The van der Waals surface area contributed by atoms with E-state index in [1.54, 1.807) is 86.0 Å². The number of nitrogens with one attached hydrogen (secondary N) is 3. The maximum absolute atomic E-state index is 13.2. The van der Waals surface area contributed by atoms with Gasteiger partial charge in [-0.1, -0.05) is 41.7 Å². The van der Waals surface area contributed by atoms with Gasteiger partial charge in [-0.15, -0.1) is 22.0 Å². The Bertz CT molecular complexity index is 1470. The Kier molecular flexibility index (Phi) is 9.44. The van der Waals surface area contributed by atoms with Gasteiger partial charge in [0.2, 0.25) is 11.0 Å². The molecule has 3 aromatic carbocycles. The summed E-state index contributed by atoms with van der Waals surface area (Å²) in [4.78, 5) is 39.0. The molecule has 4 aromatic rings. The molecule has 1 aromatic heterocycles. The maximum Gasteiger partial charge on any atom is 0.272 e. The number of ether oxygens (including phenoxy) is 1. The number of rotatable bonds is 10. The number of amides is 3. The van der Waals surface area contributed by atoms with Crippen molar-refractivity contribution in [3.63, 3.8) is 0 Å². The molecule has 0 atom stereocenters. The van der Waals surface area contributed by atoms with Gasteiger partial charge in [-0.05, 0) is 67.1 Å². The predicted octanol–water partition coefficient (Wildman–Crippen LogP) is 5.00. The van der Waals surface area contributed by atoms with Crippen LogP contribution in [0, 0.1) is 6.92 Å². The van der Waals surface area contributed by atoms with Gasteiger partial charge in [0, 0.05) is 16.1 Å². The van der Waals surface area contributed by atoms with E-state index in [0.29, 0.717) is 27.7 Å². The number of hydrogen-bond acceptors (Lipinski definition) is 8. The Labute approximate surface area is 233 Å². The first-order valence-electron chi connectivity index (χ1n) is 11.8. The van der Waals surface area contributed by atoms with Crippen molar-refractivity contribution in [2.75, 3.05) is 23.5 Å². The molecule has 11 heteroatoms. The van der Waals surface area contributed by atoms with Gasteiger partial charge in [-0.2, -0.15) is 0 Å². The summed E-state index contributed by atoms with van der Waals surface area (Å²) in [6, 6.07) is 22.8. The molecule has 4 rings (SSSR count). The highest BCUT2D eigenvalue weighted by molar-refractivity contribution is 8.00. The number of carbonyl (C=O) groups excluding carboxylic acids is 3. The smallest absolute Gasteiger partial charge is 0.272 e. The minimum Gasteiger partial charge on any atom is -0.497 e. The van der Waals surface area contributed by atoms with E-state index in [-0.39, 0.29) is 17.4 Å². The van der Waals surface area contributed by atoms with Crippen molar-refractivity contribution < 1.29 is 19.1 Å². The Hall–Kier alpha value is -4.48. The van der Waals surface area contributed by atoms with Gasteiger partial charge in [-0.25, -0.2) is 0 Å². The van der Waals surface area contributed by atoms with Gasteiger partial charge in [-0.3, -0.25) is 19.7 Å². The highest BCUT2D eigenvalue weighted by Gasteiger charge is 2.15. The van der Waals surface area contributed by atoms with Crippen molar-refractivity contribution in [1.29, 1.82) is 0 Å². The largest absolute Gasteiger partial charge is 0.497 e. The van der Waals surface area contributed by atoms with E-state index in [4.69, 9.17) is 4.74 Å². The average Bonchev–Trinajstić information content (AvgIpc) is 3.37. The Morgan fingerprint density at radius 3 is 2.28 bits per heavy atom. The summed E-state index contributed by atoms with van der Waals surface area (Å²) in [7, 11) is 1.57. The van der Waals surface area contributed by atoms with Crippen LogP contribution in [0.15, 0.2) is 89.5 Å². The summed E-state index contributed by atoms with van der Waals surface area (Å²) in [6.45, 7) is 1.82. The van der Waals surface area contributed by atoms with Crippen LogP contribution in [0.1, 0.15) is 20.9 Å². The average molecular weight is 560 g/mol. The third kappa shape index (κ3) is 8.25. The molecule has 0 aliphatic rings. The lowest BCUT2D eigenvalue weighted by Gasteiger charge is -2.12. The number of aromatic nitrogens is 2. The van der Waals surface area contributed by atoms with Crippen molar-refractivity contribution >= 4 is 57.7 Å². The van der Waals surface area contributed by atoms with Crippen molar-refractivity contribution in [2.45, 2.75) is 11.8 Å². The van der Waals surface area contributed by atoms with Crippen LogP contribution >= 0.6 is 23.1 Å². The highest BCUT2D eigenvalue weighted by Crippen LogP contribution is 2.22. The highest BCUT2D eigenvalue weighted by atomic mass is 32.2. The molecule has 0 fully saturated rings. The molecule has 0 radical (unpaired) electrons. The second kappa shape index (κ2) is 13.4. The minimum absolute atomic E-state index is 0.0797. The summed E-state index contributed by atoms with van der Waals surface area (Å²) in [5.41, 5.74) is 1.75. The molecule has 0 aliphatic heterocycles. The first-order valence-corrected chi connectivity index (χ1v) is 13.6. The van der Waals surface area contributed by atoms with Crippen LogP contribution in [0.5, 0.6) is 5.75 Å². The standard InChI is InChI=1S/C28H25N5O4S2/c1-18-32-33-28(39-18)31-25(34)17-38-23-14-10-21(11-15-23)29-27(36)24(16-19-8-12-22(37-2)13-9-19)30-26(35)20-6-4-3-5-7-20/h3-16H,17H2,1-2H3,(H,29,36)(H,30,35)(H,31,33,34)/b24-16-. The molecule has 0 saturated carbocycles. The maximum atomic E-state index is 13.2. The van der Waals surface area contributed by atoms with Crippen LogP contribution in [-0.4, -0.2) is 40.8 Å². The van der Waals surface area contributed by atoms with E-state index in [1.807, 2.05) is 13.0 Å². The zero-order valence-corrected chi connectivity index (χ0v) is 22.8. The lowest BCUT2D eigenvalue weighted by Crippen LogP contribution is -2.30. The van der Waals surface area contributed by atoms with Gasteiger partial charge in [0.1, 0.15) is 16.5 Å². The Morgan fingerprint density at radius 1 is 0.923 bits per heavy atom. The fourth-order valence-corrected chi connectivity index (χ4v) is 4.60. The fourth-order valence-electron chi connectivity index (χ4n) is 3.29. The lowest BCUT2D eigenvalue weighted by atomic mass is 10.1. The summed E-state index contributed by atoms with van der Waals surface area (Å²) in [5.74, 6) is -0.195. The van der Waals surface area contributed by atoms with E-state index >= 15 is 0 Å². The number of methoxy groups -OCH3 is 1. The lowest BCUT2D eigenvalue weighted by molar-refractivity contribution is -0.114. The summed E-state index contributed by atoms with van der Waals surface area (Å²) in [6.07, 6.45) is 1.60. The third-order valence-electron chi connectivity index (χ3n) is 5.21. The van der Waals surface area contributed by atoms with Gasteiger partial charge in [0.15, 0.2) is 0 Å². The van der Waals surface area contributed by atoms with E-state index in [1.165, 1.54) is 23.1 Å². The molecule has 3 amide bonds. The molecular weight excluding hydrogens is 534 g/mol. The topological polar surface area (TPSA) is 122 Å². The number of anilines is 2. The van der Waals surface area contributed by atoms with Crippen LogP contribution in [0.4, 0.5) is 10.8 Å². The molecule has 9 nitrogen and oxygen atoms in total. The van der Waals surface area contributed by atoms with E-state index in [0.717, 1.165) is 9.90 Å². The van der Waals surface area contributed by atoms with Crippen LogP contribution < -0.4 is 20.7 Å². The molecule has 39 heavy (non-hydrogen) atoms. The van der Waals surface area contributed by atoms with Crippen molar-refractivity contribution in [2.24, 2.45) is 0 Å². The Balaban J connectivity index is 1.41. The number of carbonyl (C=O) groups is 3. The second-order valence-corrected chi connectivity index (χ2v) is 10.3. The number of thioether (sulfide) groups is 1. The quantitative estimate of drug-likeness (QED) is 0.185. The fraction of sp³-hybridized carbons (Fsp3) is 0.107. The SMILES string of the molecule is COc1ccc(/C=C(\NC(=O)c2ccccc2)C(=O)Nc2ccc(SCC(=O)Nc3nnc(C)s3)cc2)cc1. The summed E-state index contributed by atoms with van der Waals surface area (Å²) in [5, 5.41) is 17.3. The molecule has 0 bridgehead atoms. The molecule has 0 saturated heterocycles. The molecular formula is C28H25N5O4S2. The molecule has 3 N–H and O–H groups in total. The van der Waals surface area contributed by atoms with Crippen molar-refractivity contribution in [3.05, 3.63) is 101 Å². The van der Waals surface area contributed by atoms with Gasteiger partial charge in [0.25, 0.3) is 11.8 Å².